The summed E-state index contributed by atoms with van der Waals surface area (Å²) in [6, 6.07) is 10.4. The van der Waals surface area contributed by atoms with Gasteiger partial charge in [-0.2, -0.15) is 0 Å². The van der Waals surface area contributed by atoms with Crippen molar-refractivity contribution in [2.75, 3.05) is 20.0 Å². The maximum absolute atomic E-state index is 6.52. The van der Waals surface area contributed by atoms with E-state index in [1.54, 1.807) is 14.2 Å². The molecule has 1 aromatic heterocycles. The van der Waals surface area contributed by atoms with Gasteiger partial charge in [-0.15, -0.1) is 0 Å². The molecule has 1 aromatic carbocycles. The van der Waals surface area contributed by atoms with E-state index in [0.29, 0.717) is 22.6 Å². The van der Waals surface area contributed by atoms with Crippen LogP contribution in [-0.2, 0) is 0 Å². The maximum Gasteiger partial charge on any atom is 0.179 e. The van der Waals surface area contributed by atoms with Gasteiger partial charge >= 0.3 is 0 Å². The first kappa shape index (κ1) is 18.4. The molecule has 27 heavy (non-hydrogen) atoms. The molecule has 3 atom stereocenters. The van der Waals surface area contributed by atoms with Crippen molar-refractivity contribution in [2.24, 2.45) is 4.99 Å². The highest BCUT2D eigenvalue weighted by molar-refractivity contribution is 8.14. The first-order chi connectivity index (χ1) is 13.2. The topological polar surface area (TPSA) is 47.0 Å². The average Bonchev–Trinajstić information content (AvgIpc) is 3.26. The average molecular weight is 404 g/mol. The number of thioether (sulfide) groups is 1. The van der Waals surface area contributed by atoms with Gasteiger partial charge in [0.1, 0.15) is 6.04 Å². The summed E-state index contributed by atoms with van der Waals surface area (Å²) in [5, 5.41) is 1.63. The highest BCUT2D eigenvalue weighted by atomic mass is 35.5. The molecule has 2 aliphatic rings. The molecule has 0 radical (unpaired) electrons. The molecule has 2 aromatic rings. The number of methoxy groups -OCH3 is 2. The molecular formula is C20H22ClN3O2S. The fraction of sp³-hybridized carbons (Fsp3) is 0.400. The lowest BCUT2D eigenvalue weighted by Crippen LogP contribution is -2.35. The molecule has 4 rings (SSSR count). The number of amidine groups is 1. The third-order valence-electron chi connectivity index (χ3n) is 5.13. The van der Waals surface area contributed by atoms with E-state index in [-0.39, 0.29) is 12.1 Å². The zero-order valence-electron chi connectivity index (χ0n) is 15.6. The van der Waals surface area contributed by atoms with Crippen LogP contribution in [0.4, 0.5) is 0 Å². The Hall–Kier alpha value is -1.92. The minimum atomic E-state index is -0.0720. The van der Waals surface area contributed by atoms with Crippen molar-refractivity contribution >= 4 is 28.5 Å². The molecule has 0 spiro atoms. The number of benzene rings is 1. The Morgan fingerprint density at radius 3 is 2.78 bits per heavy atom. The van der Waals surface area contributed by atoms with Gasteiger partial charge in [0.15, 0.2) is 16.7 Å². The lowest BCUT2D eigenvalue weighted by molar-refractivity contribution is 0.254. The second-order valence-corrected chi connectivity index (χ2v) is 7.97. The van der Waals surface area contributed by atoms with Crippen molar-refractivity contribution in [3.8, 4) is 11.5 Å². The fourth-order valence-corrected chi connectivity index (χ4v) is 5.45. The molecule has 0 unspecified atom stereocenters. The number of hydrogen-bond donors (Lipinski definition) is 0. The number of rotatable bonds is 5. The molecular weight excluding hydrogens is 382 g/mol. The number of aliphatic imine (C=N–C) groups is 1. The van der Waals surface area contributed by atoms with Crippen LogP contribution in [0, 0.1) is 0 Å². The largest absolute Gasteiger partial charge is 0.493 e. The van der Waals surface area contributed by atoms with Crippen molar-refractivity contribution in [1.29, 1.82) is 0 Å². The molecule has 5 nitrogen and oxygen atoms in total. The molecule has 0 aliphatic carbocycles. The molecule has 0 amide bonds. The zero-order chi connectivity index (χ0) is 19.0. The van der Waals surface area contributed by atoms with Crippen LogP contribution < -0.4 is 9.47 Å². The van der Waals surface area contributed by atoms with Crippen LogP contribution in [0.3, 0.4) is 0 Å². The minimum absolute atomic E-state index is 0.0344. The van der Waals surface area contributed by atoms with Crippen LogP contribution in [0.2, 0.25) is 5.02 Å². The van der Waals surface area contributed by atoms with Gasteiger partial charge in [-0.1, -0.05) is 36.4 Å². The number of ether oxygens (including phenoxy) is 2. The number of fused-ring (bicyclic) bond motifs is 1. The summed E-state index contributed by atoms with van der Waals surface area (Å²) in [5.74, 6) is 2.24. The predicted molar refractivity (Wildman–Crippen MR) is 110 cm³/mol. The normalized spacial score (nSPS) is 23.9. The maximum atomic E-state index is 6.52. The number of nitrogens with zero attached hydrogens (tertiary/aromatic N) is 3. The molecule has 1 saturated heterocycles. The summed E-state index contributed by atoms with van der Waals surface area (Å²) in [5.41, 5.74) is 2.03. The van der Waals surface area contributed by atoms with Crippen molar-refractivity contribution in [2.45, 2.75) is 31.5 Å². The van der Waals surface area contributed by atoms with Gasteiger partial charge in [0, 0.05) is 18.0 Å². The van der Waals surface area contributed by atoms with Gasteiger partial charge in [-0.3, -0.25) is 9.98 Å². The van der Waals surface area contributed by atoms with Crippen molar-refractivity contribution in [3.05, 3.63) is 52.8 Å². The Balaban J connectivity index is 1.83. The predicted octanol–water partition coefficient (Wildman–Crippen LogP) is 4.73. The number of pyridine rings is 1. The van der Waals surface area contributed by atoms with Crippen LogP contribution in [-0.4, -0.2) is 41.1 Å². The third kappa shape index (κ3) is 3.15. The Morgan fingerprint density at radius 2 is 2.11 bits per heavy atom. The summed E-state index contributed by atoms with van der Waals surface area (Å²) >= 11 is 8.34. The second kappa shape index (κ2) is 7.60. The Kier molecular flexibility index (Phi) is 5.19. The zero-order valence-corrected chi connectivity index (χ0v) is 17.1. The minimum Gasteiger partial charge on any atom is -0.493 e. The second-order valence-electron chi connectivity index (χ2n) is 6.57. The van der Waals surface area contributed by atoms with Gasteiger partial charge in [0.25, 0.3) is 0 Å². The summed E-state index contributed by atoms with van der Waals surface area (Å²) in [4.78, 5) is 12.0. The molecule has 142 valence electrons. The SMILES string of the molecule is CC[C@H]1CSC2=N[C@H](c3ccccn3)[C@@H](c3cc(Cl)c(OC)c(OC)c3)N21. The molecule has 0 saturated carbocycles. The van der Waals surface area contributed by atoms with Crippen molar-refractivity contribution in [3.63, 3.8) is 0 Å². The van der Waals surface area contributed by atoms with Gasteiger partial charge in [0.05, 0.1) is 31.0 Å². The van der Waals surface area contributed by atoms with E-state index in [1.807, 2.05) is 48.3 Å². The first-order valence-corrected chi connectivity index (χ1v) is 10.4. The Bertz CT molecular complexity index is 862. The molecule has 3 heterocycles. The molecule has 7 heteroatoms. The summed E-state index contributed by atoms with van der Waals surface area (Å²) in [6.07, 6.45) is 2.89. The fourth-order valence-electron chi connectivity index (χ4n) is 3.82. The number of aromatic nitrogens is 1. The van der Waals surface area contributed by atoms with Gasteiger partial charge in [-0.25, -0.2) is 0 Å². The van der Waals surface area contributed by atoms with E-state index in [4.69, 9.17) is 26.1 Å². The van der Waals surface area contributed by atoms with Gasteiger partial charge < -0.3 is 14.4 Å². The Labute approximate surface area is 168 Å². The molecule has 0 N–H and O–H groups in total. The van der Waals surface area contributed by atoms with E-state index in [1.165, 1.54) is 0 Å². The van der Waals surface area contributed by atoms with Gasteiger partial charge in [-0.05, 0) is 36.2 Å². The van der Waals surface area contributed by atoms with Gasteiger partial charge in [0.2, 0.25) is 0 Å². The van der Waals surface area contributed by atoms with Crippen LogP contribution >= 0.6 is 23.4 Å². The van der Waals surface area contributed by atoms with Crippen molar-refractivity contribution < 1.29 is 9.47 Å². The van der Waals surface area contributed by atoms with Crippen LogP contribution in [0.5, 0.6) is 11.5 Å². The molecule has 1 fully saturated rings. The van der Waals surface area contributed by atoms with E-state index in [2.05, 4.69) is 16.8 Å². The molecule has 2 aliphatic heterocycles. The Morgan fingerprint density at radius 1 is 1.26 bits per heavy atom. The standard InChI is InChI=1S/C20H22ClN3O2S/c1-4-13-11-27-20-23-17(15-7-5-6-8-22-15)18(24(13)20)12-9-14(21)19(26-3)16(10-12)25-2/h5-10,13,17-18H,4,11H2,1-3H3/t13-,17+,18+/m0/s1. The smallest absolute Gasteiger partial charge is 0.179 e. The van der Waals surface area contributed by atoms with E-state index in [0.717, 1.165) is 28.6 Å². The lowest BCUT2D eigenvalue weighted by atomic mass is 9.95. The highest BCUT2D eigenvalue weighted by Crippen LogP contribution is 2.50. The van der Waals surface area contributed by atoms with Crippen LogP contribution in [0.25, 0.3) is 0 Å². The number of halogens is 1. The number of hydrogen-bond acceptors (Lipinski definition) is 6. The van der Waals surface area contributed by atoms with Crippen LogP contribution in [0.1, 0.15) is 36.7 Å². The summed E-state index contributed by atoms with van der Waals surface area (Å²) < 4.78 is 10.9. The summed E-state index contributed by atoms with van der Waals surface area (Å²) in [6.45, 7) is 2.22. The van der Waals surface area contributed by atoms with Crippen molar-refractivity contribution in [1.82, 2.24) is 9.88 Å². The van der Waals surface area contributed by atoms with Crippen LogP contribution in [0.15, 0.2) is 41.5 Å². The first-order valence-electron chi connectivity index (χ1n) is 8.99. The van der Waals surface area contributed by atoms with E-state index >= 15 is 0 Å². The van der Waals surface area contributed by atoms with E-state index < -0.39 is 0 Å². The van der Waals surface area contributed by atoms with E-state index in [9.17, 15) is 0 Å². The third-order valence-corrected chi connectivity index (χ3v) is 6.53. The molecule has 0 bridgehead atoms. The quantitative estimate of drug-likeness (QED) is 0.722. The lowest BCUT2D eigenvalue weighted by Gasteiger charge is -2.32. The summed E-state index contributed by atoms with van der Waals surface area (Å²) in [7, 11) is 3.23. The monoisotopic (exact) mass is 403 g/mol. The highest BCUT2D eigenvalue weighted by Gasteiger charge is 2.45.